The highest BCUT2D eigenvalue weighted by atomic mass is 19.4. The van der Waals surface area contributed by atoms with Crippen molar-refractivity contribution in [3.05, 3.63) is 52.5 Å². The second-order valence-electron chi connectivity index (χ2n) is 4.67. The van der Waals surface area contributed by atoms with Gasteiger partial charge >= 0.3 is 6.18 Å². The fourth-order valence-corrected chi connectivity index (χ4v) is 2.03. The number of halogens is 4. The lowest BCUT2D eigenvalue weighted by atomic mass is 9.95. The van der Waals surface area contributed by atoms with Gasteiger partial charge in [0.25, 0.3) is 0 Å². The molecule has 0 saturated heterocycles. The van der Waals surface area contributed by atoms with Crippen LogP contribution in [0.2, 0.25) is 0 Å². The zero-order valence-electron chi connectivity index (χ0n) is 11.4. The lowest BCUT2D eigenvalue weighted by Crippen LogP contribution is -2.24. The number of aromatic hydroxyl groups is 1. The van der Waals surface area contributed by atoms with Crippen LogP contribution >= 0.6 is 0 Å². The smallest absolute Gasteiger partial charge is 0.398 e. The van der Waals surface area contributed by atoms with Crippen molar-refractivity contribution in [1.29, 1.82) is 0 Å². The highest BCUT2D eigenvalue weighted by molar-refractivity contribution is 5.77. The number of pyridine rings is 1. The van der Waals surface area contributed by atoms with E-state index in [1.807, 2.05) is 0 Å². The zero-order chi connectivity index (χ0) is 16.5. The van der Waals surface area contributed by atoms with E-state index in [4.69, 9.17) is 5.11 Å². The number of hydrogen-bond acceptors (Lipinski definition) is 3. The monoisotopic (exact) mass is 313 g/mol. The molecule has 2 N–H and O–H groups in total. The van der Waals surface area contributed by atoms with Gasteiger partial charge in [0.15, 0.2) is 5.83 Å². The molecule has 0 fully saturated rings. The van der Waals surface area contributed by atoms with Gasteiger partial charge in [0.1, 0.15) is 17.4 Å². The van der Waals surface area contributed by atoms with Crippen LogP contribution in [-0.4, -0.2) is 28.0 Å². The number of aromatic nitrogens is 1. The average Bonchev–Trinajstić information content (AvgIpc) is 2.42. The molecule has 0 amide bonds. The average molecular weight is 313 g/mol. The molecule has 0 aliphatic heterocycles. The number of nitrogens with zero attached hydrogens (tertiary/aromatic N) is 1. The molecule has 1 atom stereocenters. The Hall–Kier alpha value is -2.33. The van der Waals surface area contributed by atoms with E-state index >= 15 is 0 Å². The Kier molecular flexibility index (Phi) is 4.24. The summed E-state index contributed by atoms with van der Waals surface area (Å²) in [6.45, 7) is 0.240. The number of aliphatic hydroxyl groups excluding tert-OH is 1. The standard InChI is InChI=1S/C15H11F4NO2/c1-8-6-11(12(7-21)15(17,18)19)14(22)13(20-8)9-2-4-10(16)5-3-9/h2,4,6,12,21-22H,7H2,1H3/t12-/m1/s1. The molecule has 0 radical (unpaired) electrons. The van der Waals surface area contributed by atoms with Crippen molar-refractivity contribution >= 4 is 5.57 Å². The first-order valence-corrected chi connectivity index (χ1v) is 6.22. The summed E-state index contributed by atoms with van der Waals surface area (Å²) in [5, 5.41) is 19.1. The first-order chi connectivity index (χ1) is 10.2. The maximum absolute atomic E-state index is 12.9. The Morgan fingerprint density at radius 1 is 1.27 bits per heavy atom. The van der Waals surface area contributed by atoms with Crippen LogP contribution < -0.4 is 0 Å². The lowest BCUT2D eigenvalue weighted by molar-refractivity contribution is -0.158. The summed E-state index contributed by atoms with van der Waals surface area (Å²) in [5.74, 6) is -3.66. The van der Waals surface area contributed by atoms with Gasteiger partial charge < -0.3 is 10.2 Å². The van der Waals surface area contributed by atoms with Gasteiger partial charge in [0.2, 0.25) is 0 Å². The largest absolute Gasteiger partial charge is 0.505 e. The van der Waals surface area contributed by atoms with Gasteiger partial charge in [-0.05, 0) is 30.9 Å². The molecule has 7 heteroatoms. The maximum Gasteiger partial charge on any atom is 0.398 e. The number of hydrogen-bond donors (Lipinski definition) is 2. The van der Waals surface area contributed by atoms with Gasteiger partial charge in [0.05, 0.1) is 12.2 Å². The predicted molar refractivity (Wildman–Crippen MR) is 70.7 cm³/mol. The van der Waals surface area contributed by atoms with Crippen LogP contribution in [0.3, 0.4) is 0 Å². The Morgan fingerprint density at radius 3 is 2.45 bits per heavy atom. The molecule has 0 unspecified atom stereocenters. The van der Waals surface area contributed by atoms with E-state index in [1.54, 1.807) is 0 Å². The van der Waals surface area contributed by atoms with E-state index in [0.717, 1.165) is 12.1 Å². The highest BCUT2D eigenvalue weighted by Gasteiger charge is 2.42. The molecule has 116 valence electrons. The Labute approximate surface area is 123 Å². The molecular weight excluding hydrogens is 302 g/mol. The fourth-order valence-electron chi connectivity index (χ4n) is 2.03. The third-order valence-electron chi connectivity index (χ3n) is 3.07. The second kappa shape index (κ2) is 5.81. The minimum absolute atomic E-state index is 0.0997. The van der Waals surface area contributed by atoms with Gasteiger partial charge in [-0.1, -0.05) is 5.73 Å². The van der Waals surface area contributed by atoms with E-state index < -0.39 is 35.8 Å². The van der Waals surface area contributed by atoms with E-state index in [9.17, 15) is 22.7 Å². The Morgan fingerprint density at radius 2 is 1.95 bits per heavy atom. The van der Waals surface area contributed by atoms with Gasteiger partial charge in [-0.25, -0.2) is 4.98 Å². The van der Waals surface area contributed by atoms with Crippen molar-refractivity contribution in [3.63, 3.8) is 0 Å². The van der Waals surface area contributed by atoms with Crippen LogP contribution in [0.4, 0.5) is 17.6 Å². The van der Waals surface area contributed by atoms with Crippen molar-refractivity contribution < 1.29 is 27.8 Å². The predicted octanol–water partition coefficient (Wildman–Crippen LogP) is 3.29. The molecule has 0 spiro atoms. The van der Waals surface area contributed by atoms with Crippen LogP contribution in [0.15, 0.2) is 35.5 Å². The molecule has 1 aromatic heterocycles. The normalized spacial score (nSPS) is 15.5. The van der Waals surface area contributed by atoms with Crippen molar-refractivity contribution in [2.45, 2.75) is 19.0 Å². The molecule has 3 nitrogen and oxygen atoms in total. The minimum atomic E-state index is -4.73. The van der Waals surface area contributed by atoms with E-state index in [-0.39, 0.29) is 17.0 Å². The van der Waals surface area contributed by atoms with Gasteiger partial charge in [-0.2, -0.15) is 17.6 Å². The number of rotatable bonds is 3. The molecule has 0 aromatic carbocycles. The van der Waals surface area contributed by atoms with Crippen molar-refractivity contribution in [2.24, 2.45) is 0 Å². The van der Waals surface area contributed by atoms with Gasteiger partial charge in [-0.3, -0.25) is 0 Å². The first kappa shape index (κ1) is 16.0. The molecule has 0 saturated carbocycles. The van der Waals surface area contributed by atoms with Crippen LogP contribution in [-0.2, 0) is 0 Å². The summed E-state index contributed by atoms with van der Waals surface area (Å²) in [6.07, 6.45) is -2.48. The number of alkyl halides is 3. The molecule has 0 bridgehead atoms. The van der Waals surface area contributed by atoms with Crippen molar-refractivity contribution in [1.82, 2.24) is 4.98 Å². The first-order valence-electron chi connectivity index (χ1n) is 6.22. The number of aryl methyl sites for hydroxylation is 1. The van der Waals surface area contributed by atoms with E-state index in [2.05, 4.69) is 16.4 Å². The van der Waals surface area contributed by atoms with E-state index in [0.29, 0.717) is 0 Å². The van der Waals surface area contributed by atoms with Crippen LogP contribution in [0, 0.1) is 6.92 Å². The summed E-state index contributed by atoms with van der Waals surface area (Å²) in [6, 6.07) is 1.06. The molecular formula is C15H11F4NO2. The summed E-state index contributed by atoms with van der Waals surface area (Å²) in [5.41, 5.74) is 4.15. The summed E-state index contributed by atoms with van der Waals surface area (Å²) >= 11 is 0. The molecule has 1 aromatic rings. The molecule has 2 rings (SSSR count). The topological polar surface area (TPSA) is 53.4 Å². The highest BCUT2D eigenvalue weighted by Crippen LogP contribution is 2.41. The zero-order valence-corrected chi connectivity index (χ0v) is 11.4. The lowest BCUT2D eigenvalue weighted by Gasteiger charge is -2.21. The van der Waals surface area contributed by atoms with E-state index in [1.165, 1.54) is 13.0 Å². The third kappa shape index (κ3) is 3.12. The Bertz CT molecular complexity index is 737. The molecule has 22 heavy (non-hydrogen) atoms. The third-order valence-corrected chi connectivity index (χ3v) is 3.07. The molecule has 1 aliphatic carbocycles. The van der Waals surface area contributed by atoms with Gasteiger partial charge in [0, 0.05) is 11.3 Å². The van der Waals surface area contributed by atoms with Gasteiger partial charge in [-0.15, -0.1) is 0 Å². The van der Waals surface area contributed by atoms with Crippen LogP contribution in [0.25, 0.3) is 5.57 Å². The quantitative estimate of drug-likeness (QED) is 0.665. The fraction of sp³-hybridized carbons (Fsp3) is 0.267. The van der Waals surface area contributed by atoms with Crippen LogP contribution in [0.1, 0.15) is 22.9 Å². The Balaban J connectivity index is 2.66. The minimum Gasteiger partial charge on any atom is -0.505 e. The SMILES string of the molecule is Cc1cc([C@@H](CO)C(F)(F)F)c(O)c(C2=C=C=C(F)C=C2)n1. The van der Waals surface area contributed by atoms with Crippen molar-refractivity contribution in [3.8, 4) is 5.75 Å². The summed E-state index contributed by atoms with van der Waals surface area (Å²) in [7, 11) is 0. The molecule has 1 heterocycles. The number of allylic oxidation sites excluding steroid dienone is 4. The number of aliphatic hydroxyl groups is 1. The van der Waals surface area contributed by atoms with Crippen molar-refractivity contribution in [2.75, 3.05) is 6.61 Å². The van der Waals surface area contributed by atoms with Crippen LogP contribution in [0.5, 0.6) is 5.75 Å². The second-order valence-corrected chi connectivity index (χ2v) is 4.67. The molecule has 1 aliphatic rings. The summed E-state index contributed by atoms with van der Waals surface area (Å²) in [4.78, 5) is 3.96. The maximum atomic E-state index is 12.9. The summed E-state index contributed by atoms with van der Waals surface area (Å²) < 4.78 is 51.7.